The molecule has 5 nitrogen and oxygen atoms in total. The van der Waals surface area contributed by atoms with E-state index in [1.165, 1.54) is 33.5 Å². The molecule has 1 atom stereocenters. The molecule has 0 fully saturated rings. The Morgan fingerprint density at radius 3 is 1.80 bits per heavy atom. The highest BCUT2D eigenvalue weighted by molar-refractivity contribution is 7.79. The Labute approximate surface area is 90.2 Å². The van der Waals surface area contributed by atoms with Gasteiger partial charge in [-0.1, -0.05) is 0 Å². The summed E-state index contributed by atoms with van der Waals surface area (Å²) in [6.07, 6.45) is 0. The van der Waals surface area contributed by atoms with Gasteiger partial charge in [0.05, 0.1) is 21.3 Å². The van der Waals surface area contributed by atoms with E-state index < -0.39 is 11.1 Å². The van der Waals surface area contributed by atoms with Crippen LogP contribution in [-0.2, 0) is 11.1 Å². The van der Waals surface area contributed by atoms with E-state index in [2.05, 4.69) is 0 Å². The van der Waals surface area contributed by atoms with Crippen LogP contribution in [0.15, 0.2) is 17.0 Å². The first-order valence-corrected chi connectivity index (χ1v) is 5.10. The molecule has 0 aromatic heterocycles. The lowest BCUT2D eigenvalue weighted by Gasteiger charge is -2.14. The Morgan fingerprint density at radius 2 is 1.53 bits per heavy atom. The van der Waals surface area contributed by atoms with Gasteiger partial charge in [0.25, 0.3) is 0 Å². The molecular formula is C9H11O5S-. The summed E-state index contributed by atoms with van der Waals surface area (Å²) in [5.74, 6) is 1.00. The van der Waals surface area contributed by atoms with Crippen LogP contribution in [0.5, 0.6) is 17.2 Å². The van der Waals surface area contributed by atoms with E-state index in [1.807, 2.05) is 0 Å². The molecule has 0 radical (unpaired) electrons. The summed E-state index contributed by atoms with van der Waals surface area (Å²) in [5.41, 5.74) is 0. The molecule has 0 spiro atoms. The van der Waals surface area contributed by atoms with Gasteiger partial charge in [-0.05, 0) is 23.2 Å². The van der Waals surface area contributed by atoms with Gasteiger partial charge in [-0.2, -0.15) is 0 Å². The van der Waals surface area contributed by atoms with Crippen molar-refractivity contribution in [2.75, 3.05) is 21.3 Å². The van der Waals surface area contributed by atoms with Crippen LogP contribution in [0.4, 0.5) is 0 Å². The van der Waals surface area contributed by atoms with E-state index in [9.17, 15) is 8.76 Å². The van der Waals surface area contributed by atoms with Crippen LogP contribution in [0.2, 0.25) is 0 Å². The van der Waals surface area contributed by atoms with Gasteiger partial charge in [-0.25, -0.2) is 0 Å². The zero-order chi connectivity index (χ0) is 11.4. The average molecular weight is 231 g/mol. The van der Waals surface area contributed by atoms with E-state index >= 15 is 0 Å². The fourth-order valence-corrected chi connectivity index (χ4v) is 1.56. The van der Waals surface area contributed by atoms with E-state index in [0.717, 1.165) is 0 Å². The molecule has 1 rings (SSSR count). The molecule has 0 aliphatic rings. The molecule has 84 valence electrons. The first-order chi connectivity index (χ1) is 7.13. The minimum atomic E-state index is -2.33. The smallest absolute Gasteiger partial charge is 0.203 e. The van der Waals surface area contributed by atoms with Crippen LogP contribution in [0.1, 0.15) is 0 Å². The van der Waals surface area contributed by atoms with E-state index in [1.54, 1.807) is 0 Å². The van der Waals surface area contributed by atoms with Gasteiger partial charge >= 0.3 is 0 Å². The average Bonchev–Trinajstić information content (AvgIpc) is 2.26. The lowest BCUT2D eigenvalue weighted by atomic mass is 10.3. The molecule has 15 heavy (non-hydrogen) atoms. The van der Waals surface area contributed by atoms with Gasteiger partial charge in [0, 0.05) is 4.90 Å². The normalized spacial score (nSPS) is 12.0. The maximum Gasteiger partial charge on any atom is 0.203 e. The van der Waals surface area contributed by atoms with Crippen molar-refractivity contribution in [2.24, 2.45) is 0 Å². The minimum absolute atomic E-state index is 0.0875. The Bertz CT molecular complexity index is 352. The molecule has 0 aliphatic heterocycles. The summed E-state index contributed by atoms with van der Waals surface area (Å²) in [7, 11) is 4.30. The molecule has 0 bridgehead atoms. The summed E-state index contributed by atoms with van der Waals surface area (Å²) in [4.78, 5) is 0.0875. The van der Waals surface area contributed by atoms with Gasteiger partial charge in [0.2, 0.25) is 5.75 Å². The molecule has 1 aromatic rings. The van der Waals surface area contributed by atoms with Gasteiger partial charge in [-0.15, -0.1) is 0 Å². The Kier molecular flexibility index (Phi) is 3.93. The third-order valence-electron chi connectivity index (χ3n) is 1.83. The summed E-state index contributed by atoms with van der Waals surface area (Å²) in [5, 5.41) is 0. The predicted molar refractivity (Wildman–Crippen MR) is 53.3 cm³/mol. The number of ether oxygens (including phenoxy) is 3. The van der Waals surface area contributed by atoms with Crippen LogP contribution in [0.25, 0.3) is 0 Å². The lowest BCUT2D eigenvalue weighted by Crippen LogP contribution is -1.98. The summed E-state index contributed by atoms with van der Waals surface area (Å²) >= 11 is -2.33. The number of methoxy groups -OCH3 is 3. The molecule has 1 aromatic carbocycles. The lowest BCUT2D eigenvalue weighted by molar-refractivity contribution is 0.322. The second-order valence-electron chi connectivity index (χ2n) is 2.60. The van der Waals surface area contributed by atoms with E-state index in [4.69, 9.17) is 14.2 Å². The zero-order valence-corrected chi connectivity index (χ0v) is 9.42. The molecule has 0 N–H and O–H groups in total. The number of hydrogen-bond donors (Lipinski definition) is 0. The summed E-state index contributed by atoms with van der Waals surface area (Å²) < 4.78 is 36.6. The van der Waals surface area contributed by atoms with Crippen molar-refractivity contribution in [1.82, 2.24) is 0 Å². The first kappa shape index (κ1) is 11.8. The molecule has 0 aliphatic carbocycles. The van der Waals surface area contributed by atoms with Crippen molar-refractivity contribution in [3.63, 3.8) is 0 Å². The monoisotopic (exact) mass is 231 g/mol. The third-order valence-corrected chi connectivity index (χ3v) is 2.45. The van der Waals surface area contributed by atoms with Gasteiger partial charge in [-0.3, -0.25) is 4.21 Å². The van der Waals surface area contributed by atoms with Gasteiger partial charge in [0.1, 0.15) is 0 Å². The third kappa shape index (κ3) is 2.40. The molecule has 1 unspecified atom stereocenters. The highest BCUT2D eigenvalue weighted by Crippen LogP contribution is 2.38. The van der Waals surface area contributed by atoms with E-state index in [-0.39, 0.29) is 4.90 Å². The Hall–Kier alpha value is -1.27. The first-order valence-electron chi connectivity index (χ1n) is 4.03. The Morgan fingerprint density at radius 1 is 1.07 bits per heavy atom. The highest BCUT2D eigenvalue weighted by Gasteiger charge is 2.13. The van der Waals surface area contributed by atoms with Gasteiger partial charge in [0.15, 0.2) is 11.5 Å². The number of hydrogen-bond acceptors (Lipinski definition) is 5. The fourth-order valence-electron chi connectivity index (χ4n) is 1.15. The standard InChI is InChI=1S/C9H12O5S/c1-12-7-4-6(15(10)11)5-8(13-2)9(7)14-3/h4-5H,1-3H3,(H,10,11)/p-1. The molecular weight excluding hydrogens is 220 g/mol. The largest absolute Gasteiger partial charge is 0.768 e. The van der Waals surface area contributed by atoms with Crippen LogP contribution in [0, 0.1) is 0 Å². The minimum Gasteiger partial charge on any atom is -0.768 e. The topological polar surface area (TPSA) is 67.8 Å². The molecule has 0 amide bonds. The molecule has 0 saturated heterocycles. The quantitative estimate of drug-likeness (QED) is 0.722. The SMILES string of the molecule is COc1cc(S(=O)[O-])cc(OC)c1OC. The van der Waals surface area contributed by atoms with Crippen molar-refractivity contribution in [3.8, 4) is 17.2 Å². The van der Waals surface area contributed by atoms with Crippen LogP contribution >= 0.6 is 0 Å². The molecule has 6 heteroatoms. The summed E-state index contributed by atoms with van der Waals surface area (Å²) in [6.45, 7) is 0. The van der Waals surface area contributed by atoms with Gasteiger partial charge < -0.3 is 18.8 Å². The maximum atomic E-state index is 10.8. The van der Waals surface area contributed by atoms with Crippen molar-refractivity contribution < 1.29 is 23.0 Å². The summed E-state index contributed by atoms with van der Waals surface area (Å²) in [6, 6.07) is 2.73. The number of benzene rings is 1. The van der Waals surface area contributed by atoms with Crippen LogP contribution < -0.4 is 14.2 Å². The number of rotatable bonds is 4. The van der Waals surface area contributed by atoms with Crippen molar-refractivity contribution in [2.45, 2.75) is 4.90 Å². The Balaban J connectivity index is 3.35. The van der Waals surface area contributed by atoms with Crippen molar-refractivity contribution >= 4 is 11.1 Å². The molecule has 0 saturated carbocycles. The molecule has 0 heterocycles. The van der Waals surface area contributed by atoms with Crippen molar-refractivity contribution in [1.29, 1.82) is 0 Å². The zero-order valence-electron chi connectivity index (χ0n) is 8.60. The highest BCUT2D eigenvalue weighted by atomic mass is 32.2. The van der Waals surface area contributed by atoms with E-state index in [0.29, 0.717) is 17.2 Å². The fraction of sp³-hybridized carbons (Fsp3) is 0.333. The second-order valence-corrected chi connectivity index (χ2v) is 3.54. The van der Waals surface area contributed by atoms with Crippen molar-refractivity contribution in [3.05, 3.63) is 12.1 Å². The second kappa shape index (κ2) is 4.99. The van der Waals surface area contributed by atoms with Crippen LogP contribution in [0.3, 0.4) is 0 Å². The van der Waals surface area contributed by atoms with Crippen LogP contribution in [-0.4, -0.2) is 30.1 Å². The predicted octanol–water partition coefficient (Wildman–Crippen LogP) is 0.950. The maximum absolute atomic E-state index is 10.8.